The molecule has 150 valence electrons. The van der Waals surface area contributed by atoms with E-state index >= 15 is 0 Å². The summed E-state index contributed by atoms with van der Waals surface area (Å²) in [6.45, 7) is 4.84. The monoisotopic (exact) mass is 391 g/mol. The molecular weight excluding hydrogens is 366 g/mol. The van der Waals surface area contributed by atoms with Crippen LogP contribution in [0.3, 0.4) is 0 Å². The van der Waals surface area contributed by atoms with E-state index in [9.17, 15) is 4.79 Å². The summed E-state index contributed by atoms with van der Waals surface area (Å²) in [5.41, 5.74) is 3.79. The van der Waals surface area contributed by atoms with Crippen LogP contribution in [0.1, 0.15) is 21.5 Å². The summed E-state index contributed by atoms with van der Waals surface area (Å²) >= 11 is 0. The number of nitrogens with one attached hydrogen (secondary N) is 2. The van der Waals surface area contributed by atoms with Gasteiger partial charge in [0, 0.05) is 17.4 Å². The van der Waals surface area contributed by atoms with Crippen molar-refractivity contribution in [2.75, 3.05) is 25.6 Å². The van der Waals surface area contributed by atoms with Crippen molar-refractivity contribution in [3.63, 3.8) is 0 Å². The van der Waals surface area contributed by atoms with Crippen LogP contribution in [-0.2, 0) is 0 Å². The first-order valence-electron chi connectivity index (χ1n) is 9.41. The minimum absolute atomic E-state index is 0.171. The Morgan fingerprint density at radius 2 is 1.69 bits per heavy atom. The van der Waals surface area contributed by atoms with Gasteiger partial charge in [0.05, 0.1) is 13.7 Å². The van der Waals surface area contributed by atoms with Gasteiger partial charge in [0.2, 0.25) is 0 Å². The molecule has 2 aromatic carbocycles. The molecule has 0 unspecified atom stereocenters. The van der Waals surface area contributed by atoms with Crippen LogP contribution in [0.15, 0.2) is 60.8 Å². The summed E-state index contributed by atoms with van der Waals surface area (Å²) in [6.07, 6.45) is 1.62. The number of hydrogen-bond donors (Lipinski definition) is 2. The topological polar surface area (TPSA) is 72.5 Å². The van der Waals surface area contributed by atoms with Crippen molar-refractivity contribution in [1.29, 1.82) is 0 Å². The molecule has 0 radical (unpaired) electrons. The molecule has 0 aliphatic rings. The van der Waals surface area contributed by atoms with E-state index in [1.807, 2.05) is 56.3 Å². The molecule has 3 aromatic rings. The van der Waals surface area contributed by atoms with Crippen LogP contribution in [0.4, 0.5) is 11.5 Å². The highest BCUT2D eigenvalue weighted by atomic mass is 16.5. The third kappa shape index (κ3) is 5.48. The van der Waals surface area contributed by atoms with Gasteiger partial charge in [-0.15, -0.1) is 0 Å². The molecule has 6 nitrogen and oxygen atoms in total. The first-order chi connectivity index (χ1) is 14.1. The third-order valence-corrected chi connectivity index (χ3v) is 4.47. The number of carbonyl (C=O) groups excluding carboxylic acids is 1. The van der Waals surface area contributed by atoms with E-state index in [1.54, 1.807) is 25.4 Å². The Morgan fingerprint density at radius 1 is 1.00 bits per heavy atom. The lowest BCUT2D eigenvalue weighted by atomic mass is 10.1. The summed E-state index contributed by atoms with van der Waals surface area (Å²) in [6, 6.07) is 16.8. The number of nitrogens with zero attached hydrogens (tertiary/aromatic N) is 1. The van der Waals surface area contributed by atoms with Crippen molar-refractivity contribution in [1.82, 2.24) is 10.3 Å². The number of methoxy groups -OCH3 is 1. The lowest BCUT2D eigenvalue weighted by molar-refractivity contribution is 0.0947. The molecule has 1 amide bonds. The highest BCUT2D eigenvalue weighted by molar-refractivity contribution is 5.94. The SMILES string of the molecule is COc1ccc(OCCNC(=O)c2ccnc(Nc3c(C)cccc3C)c2)cc1. The summed E-state index contributed by atoms with van der Waals surface area (Å²) < 4.78 is 10.7. The number of anilines is 2. The van der Waals surface area contributed by atoms with Crippen LogP contribution in [-0.4, -0.2) is 31.2 Å². The van der Waals surface area contributed by atoms with Gasteiger partial charge in [-0.2, -0.15) is 0 Å². The van der Waals surface area contributed by atoms with Crippen molar-refractivity contribution < 1.29 is 14.3 Å². The van der Waals surface area contributed by atoms with E-state index in [0.717, 1.165) is 28.3 Å². The van der Waals surface area contributed by atoms with Crippen LogP contribution < -0.4 is 20.1 Å². The van der Waals surface area contributed by atoms with Crippen molar-refractivity contribution >= 4 is 17.4 Å². The van der Waals surface area contributed by atoms with Crippen molar-refractivity contribution in [2.24, 2.45) is 0 Å². The first-order valence-corrected chi connectivity index (χ1v) is 9.41. The van der Waals surface area contributed by atoms with Gasteiger partial charge < -0.3 is 20.1 Å². The number of aryl methyl sites for hydroxylation is 2. The van der Waals surface area contributed by atoms with Gasteiger partial charge >= 0.3 is 0 Å². The van der Waals surface area contributed by atoms with Gasteiger partial charge in [0.15, 0.2) is 0 Å². The number of ether oxygens (including phenoxy) is 2. The molecule has 6 heteroatoms. The van der Waals surface area contributed by atoms with E-state index in [4.69, 9.17) is 9.47 Å². The smallest absolute Gasteiger partial charge is 0.251 e. The molecule has 0 fully saturated rings. The van der Waals surface area contributed by atoms with E-state index in [-0.39, 0.29) is 5.91 Å². The number of hydrogen-bond acceptors (Lipinski definition) is 5. The molecule has 0 aliphatic carbocycles. The molecule has 0 aliphatic heterocycles. The average Bonchev–Trinajstić information content (AvgIpc) is 2.74. The quantitative estimate of drug-likeness (QED) is 0.562. The zero-order chi connectivity index (χ0) is 20.6. The first kappa shape index (κ1) is 20.2. The van der Waals surface area contributed by atoms with E-state index in [0.29, 0.717) is 24.5 Å². The summed E-state index contributed by atoms with van der Waals surface area (Å²) in [5.74, 6) is 1.96. The Kier molecular flexibility index (Phi) is 6.68. The molecule has 0 bridgehead atoms. The maximum absolute atomic E-state index is 12.4. The maximum Gasteiger partial charge on any atom is 0.251 e. The summed E-state index contributed by atoms with van der Waals surface area (Å²) in [7, 11) is 1.62. The lowest BCUT2D eigenvalue weighted by Crippen LogP contribution is -2.28. The van der Waals surface area contributed by atoms with Crippen LogP contribution in [0, 0.1) is 13.8 Å². The van der Waals surface area contributed by atoms with Crippen molar-refractivity contribution in [3.05, 3.63) is 77.5 Å². The Bertz CT molecular complexity index is 951. The number of aromatic nitrogens is 1. The third-order valence-electron chi connectivity index (χ3n) is 4.47. The van der Waals surface area contributed by atoms with E-state index in [1.165, 1.54) is 0 Å². The minimum atomic E-state index is -0.171. The average molecular weight is 391 g/mol. The Balaban J connectivity index is 1.53. The molecular formula is C23H25N3O3. The van der Waals surface area contributed by atoms with Crippen LogP contribution in [0.25, 0.3) is 0 Å². The zero-order valence-corrected chi connectivity index (χ0v) is 16.9. The van der Waals surface area contributed by atoms with Gasteiger partial charge in [-0.1, -0.05) is 18.2 Å². The maximum atomic E-state index is 12.4. The largest absolute Gasteiger partial charge is 0.497 e. The predicted octanol–water partition coefficient (Wildman–Crippen LogP) is 4.26. The molecule has 0 saturated carbocycles. The second-order valence-corrected chi connectivity index (χ2v) is 6.60. The fourth-order valence-electron chi connectivity index (χ4n) is 2.89. The van der Waals surface area contributed by atoms with Gasteiger partial charge in [-0.25, -0.2) is 4.98 Å². The van der Waals surface area contributed by atoms with Crippen LogP contribution >= 0.6 is 0 Å². The highest BCUT2D eigenvalue weighted by Gasteiger charge is 2.08. The Morgan fingerprint density at radius 3 is 2.38 bits per heavy atom. The van der Waals surface area contributed by atoms with Crippen LogP contribution in [0.5, 0.6) is 11.5 Å². The second kappa shape index (κ2) is 9.59. The Hall–Kier alpha value is -3.54. The number of pyridine rings is 1. The fourth-order valence-corrected chi connectivity index (χ4v) is 2.89. The van der Waals surface area contributed by atoms with Gasteiger partial charge in [-0.3, -0.25) is 4.79 Å². The molecule has 29 heavy (non-hydrogen) atoms. The lowest BCUT2D eigenvalue weighted by Gasteiger charge is -2.13. The molecule has 1 aromatic heterocycles. The molecule has 1 heterocycles. The van der Waals surface area contributed by atoms with Crippen molar-refractivity contribution in [2.45, 2.75) is 13.8 Å². The number of carbonyl (C=O) groups is 1. The molecule has 0 atom stereocenters. The van der Waals surface area contributed by atoms with Crippen molar-refractivity contribution in [3.8, 4) is 11.5 Å². The highest BCUT2D eigenvalue weighted by Crippen LogP contribution is 2.23. The van der Waals surface area contributed by atoms with Gasteiger partial charge in [0.1, 0.15) is 23.9 Å². The predicted molar refractivity (Wildman–Crippen MR) is 114 cm³/mol. The zero-order valence-electron chi connectivity index (χ0n) is 16.9. The molecule has 2 N–H and O–H groups in total. The van der Waals surface area contributed by atoms with Gasteiger partial charge in [-0.05, 0) is 61.4 Å². The number of amides is 1. The number of para-hydroxylation sites is 1. The summed E-state index contributed by atoms with van der Waals surface area (Å²) in [4.78, 5) is 16.8. The standard InChI is InChI=1S/C23H25N3O3/c1-16-5-4-6-17(2)22(16)26-21-15-18(11-12-24-21)23(27)25-13-14-29-20-9-7-19(28-3)8-10-20/h4-12,15H,13-14H2,1-3H3,(H,24,26)(H,25,27). The number of benzene rings is 2. The summed E-state index contributed by atoms with van der Waals surface area (Å²) in [5, 5.41) is 6.17. The van der Waals surface area contributed by atoms with Crippen LogP contribution in [0.2, 0.25) is 0 Å². The second-order valence-electron chi connectivity index (χ2n) is 6.60. The van der Waals surface area contributed by atoms with E-state index in [2.05, 4.69) is 15.6 Å². The molecule has 3 rings (SSSR count). The fraction of sp³-hybridized carbons (Fsp3) is 0.217. The molecule has 0 saturated heterocycles. The van der Waals surface area contributed by atoms with E-state index < -0.39 is 0 Å². The van der Waals surface area contributed by atoms with Gasteiger partial charge in [0.25, 0.3) is 5.91 Å². The minimum Gasteiger partial charge on any atom is -0.497 e. The number of rotatable bonds is 8. The molecule has 0 spiro atoms. The normalized spacial score (nSPS) is 10.3. The Labute approximate surface area is 170 Å².